The minimum absolute atomic E-state index is 0.884. The van der Waals surface area contributed by atoms with Crippen LogP contribution < -0.4 is 5.19 Å². The predicted octanol–water partition coefficient (Wildman–Crippen LogP) is 5.64. The van der Waals surface area contributed by atoms with E-state index in [1.807, 2.05) is 0 Å². The maximum Gasteiger partial charge on any atom is 0.0799 e. The molecule has 0 amide bonds. The molecule has 1 nitrogen and oxygen atoms in total. The molecule has 1 aromatic carbocycles. The first-order valence-corrected chi connectivity index (χ1v) is 12.9. The lowest BCUT2D eigenvalue weighted by atomic mass is 9.96. The molecule has 24 heavy (non-hydrogen) atoms. The molecular weight excluding hydrogens is 306 g/mol. The average molecular weight is 338 g/mol. The number of aryl methyl sites for hydroxylation is 2. The maximum absolute atomic E-state index is 4.87. The summed E-state index contributed by atoms with van der Waals surface area (Å²) in [4.78, 5) is 4.87. The van der Waals surface area contributed by atoms with Gasteiger partial charge < -0.3 is 0 Å². The monoisotopic (exact) mass is 337 g/mol. The van der Waals surface area contributed by atoms with Gasteiger partial charge in [-0.3, -0.25) is 4.98 Å². The van der Waals surface area contributed by atoms with Gasteiger partial charge in [-0.05, 0) is 55.1 Å². The Morgan fingerprint density at radius 2 is 1.58 bits per heavy atom. The number of nitrogens with zero attached hydrogens (tertiary/aromatic N) is 1. The van der Waals surface area contributed by atoms with Crippen molar-refractivity contribution in [1.29, 1.82) is 0 Å². The predicted molar refractivity (Wildman–Crippen MR) is 108 cm³/mol. The minimum atomic E-state index is -1.36. The fourth-order valence-electron chi connectivity index (χ4n) is 4.15. The van der Waals surface area contributed by atoms with Crippen LogP contribution in [0.25, 0.3) is 11.3 Å². The standard InChI is InChI=1S/C22H31NSi/c1-16-10-17(2)12-19(11-16)21-14-20(13-18-8-6-7-9-18)22(15-23-21)24(3,4)5/h10-12,14-15,18H,6-9,13H2,1-5H3. The van der Waals surface area contributed by atoms with Gasteiger partial charge in [-0.1, -0.05) is 62.5 Å². The van der Waals surface area contributed by atoms with Crippen LogP contribution >= 0.6 is 0 Å². The van der Waals surface area contributed by atoms with Crippen molar-refractivity contribution >= 4 is 13.3 Å². The third kappa shape index (κ3) is 3.97. The highest BCUT2D eigenvalue weighted by atomic mass is 28.3. The molecule has 2 heteroatoms. The smallest absolute Gasteiger partial charge is 0.0799 e. The minimum Gasteiger partial charge on any atom is -0.256 e. The molecule has 0 radical (unpaired) electrons. The van der Waals surface area contributed by atoms with Gasteiger partial charge in [0.25, 0.3) is 0 Å². The summed E-state index contributed by atoms with van der Waals surface area (Å²) >= 11 is 0. The molecule has 2 aromatic rings. The average Bonchev–Trinajstić information content (AvgIpc) is 2.98. The van der Waals surface area contributed by atoms with Gasteiger partial charge in [0.05, 0.1) is 13.8 Å². The van der Waals surface area contributed by atoms with E-state index < -0.39 is 8.07 Å². The number of hydrogen-bond acceptors (Lipinski definition) is 1. The zero-order valence-electron chi connectivity index (χ0n) is 15.9. The highest BCUT2D eigenvalue weighted by molar-refractivity contribution is 6.89. The second-order valence-electron chi connectivity index (χ2n) is 8.71. The molecule has 1 aromatic heterocycles. The number of rotatable bonds is 4. The second kappa shape index (κ2) is 6.83. The highest BCUT2D eigenvalue weighted by Gasteiger charge is 2.24. The van der Waals surface area contributed by atoms with Crippen molar-refractivity contribution in [2.75, 3.05) is 0 Å². The van der Waals surface area contributed by atoms with Gasteiger partial charge in [-0.25, -0.2) is 0 Å². The van der Waals surface area contributed by atoms with Crippen LogP contribution in [0.3, 0.4) is 0 Å². The van der Waals surface area contributed by atoms with Gasteiger partial charge in [0.2, 0.25) is 0 Å². The molecule has 0 saturated heterocycles. The van der Waals surface area contributed by atoms with Gasteiger partial charge >= 0.3 is 0 Å². The summed E-state index contributed by atoms with van der Waals surface area (Å²) < 4.78 is 0. The highest BCUT2D eigenvalue weighted by Crippen LogP contribution is 2.29. The Hall–Kier alpha value is -1.41. The third-order valence-electron chi connectivity index (χ3n) is 5.30. The van der Waals surface area contributed by atoms with E-state index in [0.29, 0.717) is 0 Å². The van der Waals surface area contributed by atoms with Crippen molar-refractivity contribution in [2.24, 2.45) is 5.92 Å². The molecule has 1 aliphatic carbocycles. The van der Waals surface area contributed by atoms with Crippen LogP contribution in [0.4, 0.5) is 0 Å². The fraction of sp³-hybridized carbons (Fsp3) is 0.500. The van der Waals surface area contributed by atoms with E-state index >= 15 is 0 Å². The van der Waals surface area contributed by atoms with Gasteiger partial charge in [0.1, 0.15) is 0 Å². The molecular formula is C22H31NSi. The van der Waals surface area contributed by atoms with Crippen LogP contribution in [0.1, 0.15) is 42.4 Å². The molecule has 1 fully saturated rings. The van der Waals surface area contributed by atoms with Crippen LogP contribution in [0, 0.1) is 19.8 Å². The van der Waals surface area contributed by atoms with Crippen molar-refractivity contribution in [1.82, 2.24) is 4.98 Å². The molecule has 1 saturated carbocycles. The van der Waals surface area contributed by atoms with Crippen LogP contribution in [0.15, 0.2) is 30.5 Å². The van der Waals surface area contributed by atoms with Crippen molar-refractivity contribution in [3.05, 3.63) is 47.2 Å². The normalized spacial score (nSPS) is 15.9. The summed E-state index contributed by atoms with van der Waals surface area (Å²) in [5, 5.41) is 1.56. The lowest BCUT2D eigenvalue weighted by molar-refractivity contribution is 0.547. The quantitative estimate of drug-likeness (QED) is 0.658. The Morgan fingerprint density at radius 1 is 0.958 bits per heavy atom. The maximum atomic E-state index is 4.87. The molecule has 0 N–H and O–H groups in total. The Morgan fingerprint density at radius 3 is 2.17 bits per heavy atom. The molecule has 3 rings (SSSR count). The first kappa shape index (κ1) is 17.4. The van der Waals surface area contributed by atoms with Crippen LogP contribution in [0.2, 0.25) is 19.6 Å². The largest absolute Gasteiger partial charge is 0.256 e. The summed E-state index contributed by atoms with van der Waals surface area (Å²) in [6, 6.07) is 9.17. The van der Waals surface area contributed by atoms with Crippen molar-refractivity contribution < 1.29 is 0 Å². The fourth-order valence-corrected chi connectivity index (χ4v) is 5.74. The zero-order chi connectivity index (χ0) is 17.3. The summed E-state index contributed by atoms with van der Waals surface area (Å²) in [5.41, 5.74) is 6.63. The number of aromatic nitrogens is 1. The van der Waals surface area contributed by atoms with Crippen molar-refractivity contribution in [3.8, 4) is 11.3 Å². The first-order valence-electron chi connectivity index (χ1n) is 9.41. The molecule has 1 aliphatic rings. The van der Waals surface area contributed by atoms with E-state index in [2.05, 4.69) is 64.0 Å². The summed E-state index contributed by atoms with van der Waals surface area (Å²) in [5.74, 6) is 0.884. The topological polar surface area (TPSA) is 12.9 Å². The molecule has 0 aliphatic heterocycles. The molecule has 128 valence electrons. The number of pyridine rings is 1. The first-order chi connectivity index (χ1) is 11.3. The van der Waals surface area contributed by atoms with E-state index in [9.17, 15) is 0 Å². The Kier molecular flexibility index (Phi) is 4.96. The van der Waals surface area contributed by atoms with E-state index in [4.69, 9.17) is 4.98 Å². The molecule has 0 unspecified atom stereocenters. The van der Waals surface area contributed by atoms with Crippen molar-refractivity contribution in [2.45, 2.75) is 65.6 Å². The van der Waals surface area contributed by atoms with E-state index in [1.165, 1.54) is 48.8 Å². The summed E-state index contributed by atoms with van der Waals surface area (Å²) in [7, 11) is -1.36. The summed E-state index contributed by atoms with van der Waals surface area (Å²) in [6.45, 7) is 11.7. The van der Waals surface area contributed by atoms with E-state index in [1.54, 1.807) is 10.8 Å². The SMILES string of the molecule is Cc1cc(C)cc(-c2cc(CC3CCCC3)c([Si](C)(C)C)cn2)c1. The number of benzene rings is 1. The van der Waals surface area contributed by atoms with E-state index in [0.717, 1.165) is 11.6 Å². The van der Waals surface area contributed by atoms with Gasteiger partial charge in [-0.2, -0.15) is 0 Å². The number of hydrogen-bond donors (Lipinski definition) is 0. The van der Waals surface area contributed by atoms with Crippen molar-refractivity contribution in [3.63, 3.8) is 0 Å². The second-order valence-corrected chi connectivity index (χ2v) is 13.7. The lowest BCUT2D eigenvalue weighted by Gasteiger charge is -2.23. The summed E-state index contributed by atoms with van der Waals surface area (Å²) in [6.07, 6.45) is 9.10. The Bertz CT molecular complexity index is 701. The van der Waals surface area contributed by atoms with Crippen LogP contribution in [0.5, 0.6) is 0 Å². The van der Waals surface area contributed by atoms with Crippen LogP contribution in [-0.2, 0) is 6.42 Å². The molecule has 1 heterocycles. The Labute approximate surface area is 148 Å². The Balaban J connectivity index is 2.02. The van der Waals surface area contributed by atoms with Gasteiger partial charge in [0, 0.05) is 11.8 Å². The van der Waals surface area contributed by atoms with Crippen LogP contribution in [-0.4, -0.2) is 13.1 Å². The zero-order valence-corrected chi connectivity index (χ0v) is 16.9. The third-order valence-corrected chi connectivity index (χ3v) is 7.36. The molecule has 0 spiro atoms. The van der Waals surface area contributed by atoms with Gasteiger partial charge in [-0.15, -0.1) is 0 Å². The lowest BCUT2D eigenvalue weighted by Crippen LogP contribution is -2.41. The van der Waals surface area contributed by atoms with Gasteiger partial charge in [0.15, 0.2) is 0 Å². The molecule has 0 atom stereocenters. The molecule has 0 bridgehead atoms. The van der Waals surface area contributed by atoms with E-state index in [-0.39, 0.29) is 0 Å².